The van der Waals surface area contributed by atoms with E-state index in [1.165, 1.54) is 0 Å². The molecule has 0 spiro atoms. The lowest BCUT2D eigenvalue weighted by atomic mass is 10.0. The molecule has 1 saturated heterocycles. The SMILES string of the molecule is CC(C)(C)OC(=O)[C@@H]1CCCCN1C(=O)c1ccc2[nH]c(=S)oc2c1. The Morgan fingerprint density at radius 1 is 1.32 bits per heavy atom. The molecule has 6 nitrogen and oxygen atoms in total. The van der Waals surface area contributed by atoms with E-state index in [-0.39, 0.29) is 16.7 Å². The van der Waals surface area contributed by atoms with Crippen molar-refractivity contribution in [3.63, 3.8) is 0 Å². The molecule has 1 N–H and O–H groups in total. The van der Waals surface area contributed by atoms with Crippen LogP contribution in [0.4, 0.5) is 0 Å². The van der Waals surface area contributed by atoms with Gasteiger partial charge in [-0.3, -0.25) is 4.79 Å². The summed E-state index contributed by atoms with van der Waals surface area (Å²) in [5.41, 5.74) is 1.16. The second-order valence-electron chi connectivity index (χ2n) is 7.27. The molecule has 0 radical (unpaired) electrons. The number of aromatic nitrogens is 1. The largest absolute Gasteiger partial charge is 0.458 e. The Kier molecular flexibility index (Phi) is 4.69. The fourth-order valence-corrected chi connectivity index (χ4v) is 3.23. The first-order valence-corrected chi connectivity index (χ1v) is 8.82. The Morgan fingerprint density at radius 3 is 2.80 bits per heavy atom. The maximum Gasteiger partial charge on any atom is 0.329 e. The summed E-state index contributed by atoms with van der Waals surface area (Å²) in [5.74, 6) is -0.541. The van der Waals surface area contributed by atoms with Crippen LogP contribution in [0.25, 0.3) is 11.1 Å². The number of aromatic amines is 1. The van der Waals surface area contributed by atoms with Crippen LogP contribution >= 0.6 is 12.2 Å². The Hall–Kier alpha value is -2.15. The van der Waals surface area contributed by atoms with Crippen LogP contribution in [0, 0.1) is 4.84 Å². The molecule has 1 fully saturated rings. The van der Waals surface area contributed by atoms with Crippen molar-refractivity contribution in [1.82, 2.24) is 9.88 Å². The molecule has 1 atom stereocenters. The molecule has 2 aromatic rings. The van der Waals surface area contributed by atoms with E-state index in [1.54, 1.807) is 23.1 Å². The van der Waals surface area contributed by atoms with Gasteiger partial charge in [-0.25, -0.2) is 4.79 Å². The summed E-state index contributed by atoms with van der Waals surface area (Å²) in [4.78, 5) is 30.3. The number of carbonyl (C=O) groups excluding carboxylic acids is 2. The molecule has 2 heterocycles. The Bertz CT molecular complexity index is 862. The third kappa shape index (κ3) is 3.92. The molecule has 1 aromatic heterocycles. The summed E-state index contributed by atoms with van der Waals surface area (Å²) in [5, 5.41) is 0. The Labute approximate surface area is 151 Å². The van der Waals surface area contributed by atoms with E-state index in [0.29, 0.717) is 24.1 Å². The molecule has 134 valence electrons. The van der Waals surface area contributed by atoms with E-state index in [4.69, 9.17) is 21.4 Å². The first kappa shape index (κ1) is 17.7. The van der Waals surface area contributed by atoms with Crippen molar-refractivity contribution in [2.24, 2.45) is 0 Å². The minimum atomic E-state index is -0.577. The van der Waals surface area contributed by atoms with Crippen LogP contribution < -0.4 is 0 Å². The quantitative estimate of drug-likeness (QED) is 0.649. The predicted octanol–water partition coefficient (Wildman–Crippen LogP) is 3.83. The highest BCUT2D eigenvalue weighted by atomic mass is 32.1. The summed E-state index contributed by atoms with van der Waals surface area (Å²) in [6.45, 7) is 6.02. The van der Waals surface area contributed by atoms with Gasteiger partial charge in [-0.05, 0) is 70.5 Å². The molecule has 3 rings (SSSR count). The summed E-state index contributed by atoms with van der Waals surface area (Å²) in [6, 6.07) is 4.58. The molecule has 0 unspecified atom stereocenters. The number of ether oxygens (including phenoxy) is 1. The number of amides is 1. The lowest BCUT2D eigenvalue weighted by Crippen LogP contribution is -2.50. The van der Waals surface area contributed by atoms with Crippen LogP contribution in [0.5, 0.6) is 0 Å². The van der Waals surface area contributed by atoms with Gasteiger partial charge in [0.1, 0.15) is 11.6 Å². The van der Waals surface area contributed by atoms with E-state index in [0.717, 1.165) is 18.4 Å². The van der Waals surface area contributed by atoms with Gasteiger partial charge in [-0.2, -0.15) is 0 Å². The molecule has 0 aliphatic carbocycles. The van der Waals surface area contributed by atoms with Crippen molar-refractivity contribution >= 4 is 35.2 Å². The van der Waals surface area contributed by atoms with Crippen molar-refractivity contribution in [2.45, 2.75) is 51.7 Å². The second kappa shape index (κ2) is 6.63. The summed E-state index contributed by atoms with van der Waals surface area (Å²) in [7, 11) is 0. The standard InChI is InChI=1S/C18H22N2O4S/c1-18(2,3)24-16(22)13-6-4-5-9-20(13)15(21)11-7-8-12-14(10-11)23-17(25)19-12/h7-8,10,13H,4-6,9H2,1-3H3,(H,19,25)/t13-/m0/s1. The number of oxazole rings is 1. The van der Waals surface area contributed by atoms with E-state index in [1.807, 2.05) is 20.8 Å². The van der Waals surface area contributed by atoms with Crippen molar-refractivity contribution in [1.29, 1.82) is 0 Å². The average Bonchev–Trinajstić information content (AvgIpc) is 2.91. The van der Waals surface area contributed by atoms with Gasteiger partial charge in [-0.15, -0.1) is 0 Å². The highest BCUT2D eigenvalue weighted by Gasteiger charge is 2.35. The molecular formula is C18H22N2O4S. The number of nitrogens with one attached hydrogen (secondary N) is 1. The summed E-state index contributed by atoms with van der Waals surface area (Å²) in [6.07, 6.45) is 2.39. The lowest BCUT2D eigenvalue weighted by Gasteiger charge is -2.35. The fraction of sp³-hybridized carbons (Fsp3) is 0.500. The molecule has 1 aromatic carbocycles. The topological polar surface area (TPSA) is 75.5 Å². The van der Waals surface area contributed by atoms with Gasteiger partial charge in [0, 0.05) is 12.1 Å². The van der Waals surface area contributed by atoms with Crippen molar-refractivity contribution < 1.29 is 18.7 Å². The zero-order valence-electron chi connectivity index (χ0n) is 14.6. The fourth-order valence-electron chi connectivity index (χ4n) is 3.03. The van der Waals surface area contributed by atoms with E-state index in [2.05, 4.69) is 4.98 Å². The van der Waals surface area contributed by atoms with Gasteiger partial charge in [0.05, 0.1) is 5.52 Å². The van der Waals surface area contributed by atoms with E-state index >= 15 is 0 Å². The third-order valence-corrected chi connectivity index (χ3v) is 4.30. The second-order valence-corrected chi connectivity index (χ2v) is 7.64. The Balaban J connectivity index is 1.86. The molecule has 1 aliphatic rings. The number of hydrogen-bond donors (Lipinski definition) is 1. The molecule has 1 amide bonds. The van der Waals surface area contributed by atoms with Gasteiger partial charge in [0.2, 0.25) is 0 Å². The molecule has 0 bridgehead atoms. The molecular weight excluding hydrogens is 340 g/mol. The van der Waals surface area contributed by atoms with Crippen LogP contribution in [-0.4, -0.2) is 39.9 Å². The first-order valence-electron chi connectivity index (χ1n) is 8.41. The summed E-state index contributed by atoms with van der Waals surface area (Å²) >= 11 is 4.97. The molecule has 7 heteroatoms. The lowest BCUT2D eigenvalue weighted by molar-refractivity contribution is -0.161. The van der Waals surface area contributed by atoms with Crippen LogP contribution in [0.2, 0.25) is 0 Å². The number of carbonyl (C=O) groups is 2. The smallest absolute Gasteiger partial charge is 0.329 e. The van der Waals surface area contributed by atoms with Crippen LogP contribution in [-0.2, 0) is 9.53 Å². The average molecular weight is 362 g/mol. The number of fused-ring (bicyclic) bond motifs is 1. The van der Waals surface area contributed by atoms with Crippen molar-refractivity contribution in [3.8, 4) is 0 Å². The normalized spacial score (nSPS) is 18.4. The minimum absolute atomic E-state index is 0.195. The van der Waals surface area contributed by atoms with Gasteiger partial charge in [0.25, 0.3) is 10.7 Å². The number of nitrogens with zero attached hydrogens (tertiary/aromatic N) is 1. The van der Waals surface area contributed by atoms with Crippen LogP contribution in [0.15, 0.2) is 22.6 Å². The maximum atomic E-state index is 13.0. The van der Waals surface area contributed by atoms with E-state index in [9.17, 15) is 9.59 Å². The van der Waals surface area contributed by atoms with Gasteiger partial charge in [0.15, 0.2) is 5.58 Å². The molecule has 25 heavy (non-hydrogen) atoms. The zero-order chi connectivity index (χ0) is 18.2. The summed E-state index contributed by atoms with van der Waals surface area (Å²) < 4.78 is 10.9. The number of esters is 1. The molecule has 1 aliphatic heterocycles. The number of hydrogen-bond acceptors (Lipinski definition) is 5. The van der Waals surface area contributed by atoms with Gasteiger partial charge in [-0.1, -0.05) is 0 Å². The maximum absolute atomic E-state index is 13.0. The number of piperidine rings is 1. The predicted molar refractivity (Wildman–Crippen MR) is 95.9 cm³/mol. The minimum Gasteiger partial charge on any atom is -0.458 e. The Morgan fingerprint density at radius 2 is 2.08 bits per heavy atom. The number of rotatable bonds is 2. The van der Waals surface area contributed by atoms with Crippen molar-refractivity contribution in [2.75, 3.05) is 6.54 Å². The molecule has 0 saturated carbocycles. The third-order valence-electron chi connectivity index (χ3n) is 4.11. The number of H-pyrrole nitrogens is 1. The number of likely N-dealkylation sites (tertiary alicyclic amines) is 1. The zero-order valence-corrected chi connectivity index (χ0v) is 15.4. The number of benzene rings is 1. The van der Waals surface area contributed by atoms with Crippen molar-refractivity contribution in [3.05, 3.63) is 28.6 Å². The highest BCUT2D eigenvalue weighted by Crippen LogP contribution is 2.24. The van der Waals surface area contributed by atoms with Gasteiger partial charge >= 0.3 is 5.97 Å². The van der Waals surface area contributed by atoms with E-state index < -0.39 is 11.6 Å². The monoisotopic (exact) mass is 362 g/mol. The van der Waals surface area contributed by atoms with Gasteiger partial charge < -0.3 is 19.0 Å². The highest BCUT2D eigenvalue weighted by molar-refractivity contribution is 7.71. The van der Waals surface area contributed by atoms with Crippen LogP contribution in [0.1, 0.15) is 50.4 Å². The first-order chi connectivity index (χ1) is 11.7. The van der Waals surface area contributed by atoms with Crippen LogP contribution in [0.3, 0.4) is 0 Å².